The highest BCUT2D eigenvalue weighted by Crippen LogP contribution is 2.33. The maximum Gasteiger partial charge on any atom is 0.194 e. The van der Waals surface area contributed by atoms with Gasteiger partial charge in [0.1, 0.15) is 16.9 Å². The fraction of sp³-hybridized carbons (Fsp3) is 0.241. The van der Waals surface area contributed by atoms with Crippen LogP contribution in [0.1, 0.15) is 54.8 Å². The number of ether oxygens (including phenoxy) is 1. The summed E-state index contributed by atoms with van der Waals surface area (Å²) in [4.78, 5) is 4.69. The number of aromatic nitrogens is 4. The third-order valence-electron chi connectivity index (χ3n) is 6.09. The maximum atomic E-state index is 6.61. The Bertz CT molecular complexity index is 1470. The number of nitrogens with one attached hydrogen (secondary N) is 1. The lowest BCUT2D eigenvalue weighted by Crippen LogP contribution is -2.13. The molecule has 178 valence electrons. The van der Waals surface area contributed by atoms with Gasteiger partial charge in [-0.2, -0.15) is 4.63 Å². The summed E-state index contributed by atoms with van der Waals surface area (Å²) in [5, 5.41) is 8.51. The van der Waals surface area contributed by atoms with E-state index in [0.717, 1.165) is 33.7 Å². The molecular formula is C29H29ClN4O. The molecule has 2 heterocycles. The van der Waals surface area contributed by atoms with Gasteiger partial charge in [0, 0.05) is 11.0 Å². The molecule has 5 rings (SSSR count). The Morgan fingerprint density at radius 1 is 0.886 bits per heavy atom. The molecule has 0 amide bonds. The van der Waals surface area contributed by atoms with Crippen molar-refractivity contribution < 1.29 is 4.74 Å². The zero-order valence-corrected chi connectivity index (χ0v) is 21.4. The van der Waals surface area contributed by atoms with Crippen LogP contribution in [0.15, 0.2) is 72.8 Å². The van der Waals surface area contributed by atoms with E-state index in [-0.39, 0.29) is 11.5 Å². The van der Waals surface area contributed by atoms with Crippen molar-refractivity contribution in [2.45, 2.75) is 46.1 Å². The summed E-state index contributed by atoms with van der Waals surface area (Å²) in [6.07, 6.45) is -0.236. The lowest BCUT2D eigenvalue weighted by Gasteiger charge is -2.21. The number of hydrogen-bond donors (Lipinski definition) is 1. The predicted octanol–water partition coefficient (Wildman–Crippen LogP) is 7.46. The Labute approximate surface area is 210 Å². The molecule has 1 atom stereocenters. The van der Waals surface area contributed by atoms with Crippen LogP contribution >= 0.6 is 11.6 Å². The highest BCUT2D eigenvalue weighted by atomic mass is 35.5. The molecule has 0 radical (unpaired) electrons. The molecule has 3 aromatic carbocycles. The van der Waals surface area contributed by atoms with Crippen molar-refractivity contribution in [3.63, 3.8) is 0 Å². The van der Waals surface area contributed by atoms with Crippen LogP contribution in [-0.2, 0) is 5.41 Å². The van der Waals surface area contributed by atoms with Crippen LogP contribution in [0.5, 0.6) is 5.75 Å². The van der Waals surface area contributed by atoms with E-state index in [1.807, 2.05) is 24.3 Å². The third-order valence-corrected chi connectivity index (χ3v) is 6.44. The highest BCUT2D eigenvalue weighted by Gasteiger charge is 2.24. The van der Waals surface area contributed by atoms with Crippen molar-refractivity contribution in [3.8, 4) is 17.1 Å². The Kier molecular flexibility index (Phi) is 5.89. The summed E-state index contributed by atoms with van der Waals surface area (Å²) in [6, 6.07) is 24.8. The van der Waals surface area contributed by atoms with E-state index in [4.69, 9.17) is 21.3 Å². The summed E-state index contributed by atoms with van der Waals surface area (Å²) in [5.41, 5.74) is 6.88. The van der Waals surface area contributed by atoms with E-state index in [1.54, 1.807) is 4.63 Å². The second-order valence-corrected chi connectivity index (χ2v) is 10.4. The molecule has 0 aliphatic heterocycles. The molecule has 2 aromatic heterocycles. The van der Waals surface area contributed by atoms with Crippen LogP contribution in [0.25, 0.3) is 17.0 Å². The van der Waals surface area contributed by atoms with Crippen molar-refractivity contribution in [2.75, 3.05) is 0 Å². The molecule has 1 N–H and O–H groups in total. The fourth-order valence-electron chi connectivity index (χ4n) is 4.12. The Hall–Kier alpha value is -3.57. The first-order chi connectivity index (χ1) is 16.7. The number of nitrogens with zero attached hydrogens (tertiary/aromatic N) is 3. The van der Waals surface area contributed by atoms with Crippen LogP contribution < -0.4 is 4.74 Å². The first-order valence-electron chi connectivity index (χ1n) is 11.7. The van der Waals surface area contributed by atoms with Gasteiger partial charge < -0.3 is 4.74 Å². The summed E-state index contributed by atoms with van der Waals surface area (Å²) in [7, 11) is 0. The molecule has 0 fully saturated rings. The summed E-state index contributed by atoms with van der Waals surface area (Å²) < 4.78 is 8.15. The van der Waals surface area contributed by atoms with Crippen LogP contribution in [0, 0.1) is 13.8 Å². The number of aromatic amines is 1. The molecule has 5 aromatic rings. The lowest BCUT2D eigenvalue weighted by molar-refractivity contribution is 0.247. The van der Waals surface area contributed by atoms with E-state index >= 15 is 0 Å². The first-order valence-corrected chi connectivity index (χ1v) is 12.1. The lowest BCUT2D eigenvalue weighted by atomic mass is 9.92. The van der Waals surface area contributed by atoms with E-state index in [0.29, 0.717) is 16.5 Å². The third kappa shape index (κ3) is 4.69. The zero-order valence-electron chi connectivity index (χ0n) is 20.6. The average Bonchev–Trinajstić information content (AvgIpc) is 3.38. The Balaban J connectivity index is 1.48. The molecule has 6 heteroatoms. The number of H-pyrrole nitrogens is 1. The molecule has 0 aliphatic rings. The number of rotatable bonds is 5. The van der Waals surface area contributed by atoms with Gasteiger partial charge in [0.15, 0.2) is 11.5 Å². The molecule has 5 nitrogen and oxygen atoms in total. The van der Waals surface area contributed by atoms with Crippen molar-refractivity contribution in [2.24, 2.45) is 0 Å². The topological polar surface area (TPSA) is 55.2 Å². The van der Waals surface area contributed by atoms with Gasteiger partial charge in [0.25, 0.3) is 0 Å². The molecule has 0 spiro atoms. The van der Waals surface area contributed by atoms with Crippen LogP contribution in [-0.4, -0.2) is 19.8 Å². The van der Waals surface area contributed by atoms with Crippen molar-refractivity contribution in [3.05, 3.63) is 106 Å². The van der Waals surface area contributed by atoms with Gasteiger partial charge >= 0.3 is 0 Å². The van der Waals surface area contributed by atoms with Crippen LogP contribution in [0.2, 0.25) is 5.02 Å². The quantitative estimate of drug-likeness (QED) is 0.281. The maximum absolute atomic E-state index is 6.61. The number of fused-ring (bicyclic) bond motifs is 1. The van der Waals surface area contributed by atoms with Gasteiger partial charge in [-0.1, -0.05) is 98.6 Å². The minimum Gasteiger partial charge on any atom is -0.481 e. The van der Waals surface area contributed by atoms with Gasteiger partial charge in [-0.05, 0) is 42.7 Å². The SMILES string of the molecule is Cc1ccc(C(Oc2cccc(C)c2)c2ccc(-c3nc4c(Cl)c(C(C)(C)C)[nH]n4n3)cc2)cc1. The van der Waals surface area contributed by atoms with E-state index in [1.165, 1.54) is 5.56 Å². The van der Waals surface area contributed by atoms with Crippen molar-refractivity contribution in [1.82, 2.24) is 19.8 Å². The second kappa shape index (κ2) is 8.90. The van der Waals surface area contributed by atoms with Gasteiger partial charge in [-0.3, -0.25) is 5.10 Å². The molecule has 0 saturated carbocycles. The molecule has 0 bridgehead atoms. The normalized spacial score (nSPS) is 12.7. The van der Waals surface area contributed by atoms with E-state index < -0.39 is 0 Å². The average molecular weight is 485 g/mol. The van der Waals surface area contributed by atoms with Crippen LogP contribution in [0.4, 0.5) is 0 Å². The number of aryl methyl sites for hydroxylation is 2. The predicted molar refractivity (Wildman–Crippen MR) is 141 cm³/mol. The standard InChI is InChI=1S/C29H29ClN4O/c1-18-9-11-20(12-10-18)25(35-23-8-6-7-19(2)17-23)21-13-15-22(16-14-21)27-31-28-24(30)26(29(3,4)5)32-34(28)33-27/h6-17,25,32H,1-5H3. The smallest absolute Gasteiger partial charge is 0.194 e. The van der Waals surface area contributed by atoms with Crippen molar-refractivity contribution in [1.29, 1.82) is 0 Å². The van der Waals surface area contributed by atoms with Gasteiger partial charge in [0.2, 0.25) is 0 Å². The summed E-state index contributed by atoms with van der Waals surface area (Å²) in [6.45, 7) is 10.5. The van der Waals surface area contributed by atoms with Crippen LogP contribution in [0.3, 0.4) is 0 Å². The molecular weight excluding hydrogens is 456 g/mol. The van der Waals surface area contributed by atoms with Gasteiger partial charge in [-0.25, -0.2) is 4.98 Å². The fourth-order valence-corrected chi connectivity index (χ4v) is 4.57. The minimum atomic E-state index is -0.236. The zero-order chi connectivity index (χ0) is 24.7. The number of benzene rings is 3. The largest absolute Gasteiger partial charge is 0.481 e. The van der Waals surface area contributed by atoms with Gasteiger partial charge in [0.05, 0.1) is 5.69 Å². The van der Waals surface area contributed by atoms with Gasteiger partial charge in [-0.15, -0.1) is 5.10 Å². The second-order valence-electron chi connectivity index (χ2n) is 10.1. The molecule has 0 aliphatic carbocycles. The number of halogens is 1. The number of hydrogen-bond acceptors (Lipinski definition) is 3. The first kappa shape index (κ1) is 23.2. The summed E-state index contributed by atoms with van der Waals surface area (Å²) >= 11 is 6.61. The Morgan fingerprint density at radius 2 is 1.54 bits per heavy atom. The van der Waals surface area contributed by atoms with E-state index in [2.05, 4.69) is 93.3 Å². The monoisotopic (exact) mass is 484 g/mol. The highest BCUT2D eigenvalue weighted by molar-refractivity contribution is 6.34. The molecule has 0 saturated heterocycles. The minimum absolute atomic E-state index is 0.121. The molecule has 1 unspecified atom stereocenters. The van der Waals surface area contributed by atoms with Crippen molar-refractivity contribution >= 4 is 17.2 Å². The summed E-state index contributed by atoms with van der Waals surface area (Å²) in [5.74, 6) is 1.46. The van der Waals surface area contributed by atoms with E-state index in [9.17, 15) is 0 Å². The Morgan fingerprint density at radius 3 is 2.14 bits per heavy atom. The molecule has 35 heavy (non-hydrogen) atoms.